The third-order valence-corrected chi connectivity index (χ3v) is 6.00. The molecule has 0 aromatic carbocycles. The van der Waals surface area contributed by atoms with E-state index in [1.54, 1.807) is 4.90 Å². The van der Waals surface area contributed by atoms with E-state index in [1.807, 2.05) is 11.8 Å². The van der Waals surface area contributed by atoms with Crippen LogP contribution in [0.5, 0.6) is 0 Å². The Balaban J connectivity index is 1.59. The van der Waals surface area contributed by atoms with Crippen molar-refractivity contribution in [2.75, 3.05) is 19.6 Å². The maximum absolute atomic E-state index is 12.7. The van der Waals surface area contributed by atoms with Crippen LogP contribution < -0.4 is 0 Å². The van der Waals surface area contributed by atoms with Gasteiger partial charge in [-0.15, -0.1) is 0 Å². The van der Waals surface area contributed by atoms with Gasteiger partial charge in [0, 0.05) is 32.1 Å². The molecule has 2 amide bonds. The van der Waals surface area contributed by atoms with E-state index in [4.69, 9.17) is 0 Å². The highest BCUT2D eigenvalue weighted by atomic mass is 16.3. The SMILES string of the molecule is CC1CCN(C(=O)C2CC(=O)N(C3CCCCCC3)C2)CC1O. The van der Waals surface area contributed by atoms with Crippen LogP contribution in [0.15, 0.2) is 0 Å². The van der Waals surface area contributed by atoms with Gasteiger partial charge in [-0.25, -0.2) is 0 Å². The van der Waals surface area contributed by atoms with Crippen molar-refractivity contribution in [3.05, 3.63) is 0 Å². The van der Waals surface area contributed by atoms with Gasteiger partial charge in [-0.1, -0.05) is 32.6 Å². The van der Waals surface area contributed by atoms with E-state index in [0.29, 0.717) is 32.1 Å². The summed E-state index contributed by atoms with van der Waals surface area (Å²) < 4.78 is 0. The quantitative estimate of drug-likeness (QED) is 0.789. The lowest BCUT2D eigenvalue weighted by Crippen LogP contribution is -2.48. The van der Waals surface area contributed by atoms with Gasteiger partial charge in [0.05, 0.1) is 12.0 Å². The van der Waals surface area contributed by atoms with Crippen LogP contribution in [0.2, 0.25) is 0 Å². The number of rotatable bonds is 2. The molecule has 3 atom stereocenters. The second kappa shape index (κ2) is 7.20. The standard InChI is InChI=1S/C18H30N2O3/c1-13-8-9-19(12-16(13)21)18(23)14-10-17(22)20(11-14)15-6-4-2-3-5-7-15/h13-16,21H,2-12H2,1H3. The van der Waals surface area contributed by atoms with Gasteiger partial charge < -0.3 is 14.9 Å². The summed E-state index contributed by atoms with van der Waals surface area (Å²) in [4.78, 5) is 28.9. The predicted molar refractivity (Wildman–Crippen MR) is 87.7 cm³/mol. The normalized spacial score (nSPS) is 33.8. The van der Waals surface area contributed by atoms with Crippen LogP contribution in [0.1, 0.15) is 58.3 Å². The first-order valence-electron chi connectivity index (χ1n) is 9.32. The minimum atomic E-state index is -0.428. The van der Waals surface area contributed by atoms with Gasteiger partial charge in [0.15, 0.2) is 0 Å². The molecular weight excluding hydrogens is 292 g/mol. The maximum Gasteiger partial charge on any atom is 0.228 e. The second-order valence-electron chi connectivity index (χ2n) is 7.71. The Labute approximate surface area is 139 Å². The average molecular weight is 322 g/mol. The first kappa shape index (κ1) is 16.7. The molecule has 0 bridgehead atoms. The van der Waals surface area contributed by atoms with Gasteiger partial charge in [0.1, 0.15) is 0 Å². The van der Waals surface area contributed by atoms with Crippen LogP contribution in [0.4, 0.5) is 0 Å². The number of amides is 2. The van der Waals surface area contributed by atoms with Crippen LogP contribution >= 0.6 is 0 Å². The Kier molecular flexibility index (Phi) is 5.24. The molecule has 5 heteroatoms. The van der Waals surface area contributed by atoms with E-state index in [1.165, 1.54) is 25.7 Å². The van der Waals surface area contributed by atoms with E-state index in [0.717, 1.165) is 19.3 Å². The highest BCUT2D eigenvalue weighted by Crippen LogP contribution is 2.29. The first-order chi connectivity index (χ1) is 11.1. The molecule has 3 fully saturated rings. The third kappa shape index (κ3) is 3.70. The molecular formula is C18H30N2O3. The van der Waals surface area contributed by atoms with Crippen LogP contribution in [0, 0.1) is 11.8 Å². The zero-order valence-electron chi connectivity index (χ0n) is 14.2. The smallest absolute Gasteiger partial charge is 0.228 e. The van der Waals surface area contributed by atoms with Crippen molar-refractivity contribution in [1.29, 1.82) is 0 Å². The number of likely N-dealkylation sites (tertiary alicyclic amines) is 2. The molecule has 130 valence electrons. The molecule has 2 aliphatic heterocycles. The summed E-state index contributed by atoms with van der Waals surface area (Å²) in [5.41, 5.74) is 0. The lowest BCUT2D eigenvalue weighted by Gasteiger charge is -2.35. The molecule has 3 aliphatic rings. The van der Waals surface area contributed by atoms with Crippen molar-refractivity contribution >= 4 is 11.8 Å². The van der Waals surface area contributed by atoms with E-state index in [-0.39, 0.29) is 23.7 Å². The molecule has 1 saturated carbocycles. The maximum atomic E-state index is 12.7. The van der Waals surface area contributed by atoms with Crippen LogP contribution in [-0.4, -0.2) is 58.5 Å². The van der Waals surface area contributed by atoms with Gasteiger partial charge in [-0.3, -0.25) is 9.59 Å². The number of β-amino-alcohol motifs (C(OH)–C–C–N with tert-alkyl or cyclic N) is 1. The Morgan fingerprint density at radius 2 is 1.78 bits per heavy atom. The van der Waals surface area contributed by atoms with Gasteiger partial charge in [-0.05, 0) is 25.2 Å². The molecule has 1 N–H and O–H groups in total. The fourth-order valence-corrected chi connectivity index (χ4v) is 4.33. The molecule has 2 heterocycles. The fraction of sp³-hybridized carbons (Fsp3) is 0.889. The minimum absolute atomic E-state index is 0.0698. The van der Waals surface area contributed by atoms with Crippen molar-refractivity contribution < 1.29 is 14.7 Å². The van der Waals surface area contributed by atoms with Crippen molar-refractivity contribution in [3.63, 3.8) is 0 Å². The zero-order valence-corrected chi connectivity index (χ0v) is 14.2. The number of piperidine rings is 1. The molecule has 1 aliphatic carbocycles. The van der Waals surface area contributed by atoms with Crippen molar-refractivity contribution in [1.82, 2.24) is 9.80 Å². The van der Waals surface area contributed by atoms with Crippen molar-refractivity contribution in [2.24, 2.45) is 11.8 Å². The van der Waals surface area contributed by atoms with E-state index in [9.17, 15) is 14.7 Å². The van der Waals surface area contributed by atoms with E-state index in [2.05, 4.69) is 0 Å². The summed E-state index contributed by atoms with van der Waals surface area (Å²) in [6.45, 7) is 3.75. The molecule has 23 heavy (non-hydrogen) atoms. The van der Waals surface area contributed by atoms with E-state index >= 15 is 0 Å². The van der Waals surface area contributed by atoms with Crippen molar-refractivity contribution in [2.45, 2.75) is 70.4 Å². The summed E-state index contributed by atoms with van der Waals surface area (Å²) in [5.74, 6) is 0.278. The number of hydrogen-bond donors (Lipinski definition) is 1. The summed E-state index contributed by atoms with van der Waals surface area (Å²) >= 11 is 0. The topological polar surface area (TPSA) is 60.9 Å². The minimum Gasteiger partial charge on any atom is -0.391 e. The Bertz CT molecular complexity index is 446. The molecule has 2 saturated heterocycles. The zero-order chi connectivity index (χ0) is 16.4. The lowest BCUT2D eigenvalue weighted by atomic mass is 9.94. The number of aliphatic hydroxyl groups excluding tert-OH is 1. The molecule has 0 aromatic heterocycles. The highest BCUT2D eigenvalue weighted by molar-refractivity contribution is 5.89. The Morgan fingerprint density at radius 1 is 1.09 bits per heavy atom. The van der Waals surface area contributed by atoms with Crippen molar-refractivity contribution in [3.8, 4) is 0 Å². The summed E-state index contributed by atoms with van der Waals surface area (Å²) in [7, 11) is 0. The summed E-state index contributed by atoms with van der Waals surface area (Å²) in [5, 5.41) is 10.0. The van der Waals surface area contributed by atoms with E-state index < -0.39 is 6.10 Å². The van der Waals surface area contributed by atoms with Gasteiger partial charge >= 0.3 is 0 Å². The van der Waals surface area contributed by atoms with Crippen LogP contribution in [0.25, 0.3) is 0 Å². The molecule has 3 rings (SSSR count). The lowest BCUT2D eigenvalue weighted by molar-refractivity contribution is -0.139. The van der Waals surface area contributed by atoms with Gasteiger partial charge in [-0.2, -0.15) is 0 Å². The fourth-order valence-electron chi connectivity index (χ4n) is 4.33. The number of aliphatic hydroxyl groups is 1. The van der Waals surface area contributed by atoms with Gasteiger partial charge in [0.25, 0.3) is 0 Å². The molecule has 0 radical (unpaired) electrons. The molecule has 5 nitrogen and oxygen atoms in total. The predicted octanol–water partition coefficient (Wildman–Crippen LogP) is 1.79. The summed E-state index contributed by atoms with van der Waals surface area (Å²) in [6.07, 6.45) is 7.89. The number of nitrogens with zero attached hydrogens (tertiary/aromatic N) is 2. The number of carbonyl (C=O) groups is 2. The molecule has 3 unspecified atom stereocenters. The highest BCUT2D eigenvalue weighted by Gasteiger charge is 2.40. The molecule has 0 spiro atoms. The number of hydrogen-bond acceptors (Lipinski definition) is 3. The van der Waals surface area contributed by atoms with Gasteiger partial charge in [0.2, 0.25) is 11.8 Å². The van der Waals surface area contributed by atoms with Crippen LogP contribution in [-0.2, 0) is 9.59 Å². The largest absolute Gasteiger partial charge is 0.391 e. The van der Waals surface area contributed by atoms with Crippen LogP contribution in [0.3, 0.4) is 0 Å². The Morgan fingerprint density at radius 3 is 2.43 bits per heavy atom. The Hall–Kier alpha value is -1.10. The third-order valence-electron chi connectivity index (χ3n) is 6.00. The summed E-state index contributed by atoms with van der Waals surface area (Å²) in [6, 6.07) is 0.342. The first-order valence-corrected chi connectivity index (χ1v) is 9.32. The second-order valence-corrected chi connectivity index (χ2v) is 7.71. The molecule has 0 aromatic rings. The average Bonchev–Trinajstić information content (AvgIpc) is 2.75. The number of carbonyl (C=O) groups excluding carboxylic acids is 2. The monoisotopic (exact) mass is 322 g/mol.